The van der Waals surface area contributed by atoms with E-state index in [2.05, 4.69) is 10.6 Å². The number of halogens is 1. The van der Waals surface area contributed by atoms with E-state index in [1.807, 2.05) is 20.8 Å². The van der Waals surface area contributed by atoms with Gasteiger partial charge < -0.3 is 20.3 Å². The molecule has 1 rings (SSSR count). The van der Waals surface area contributed by atoms with E-state index in [1.54, 1.807) is 0 Å². The van der Waals surface area contributed by atoms with Gasteiger partial charge in [-0.15, -0.1) is 0 Å². The van der Waals surface area contributed by atoms with Crippen LogP contribution < -0.4 is 15.4 Å². The average molecular weight is 311 g/mol. The van der Waals surface area contributed by atoms with Crippen molar-refractivity contribution in [3.05, 3.63) is 24.0 Å². The summed E-state index contributed by atoms with van der Waals surface area (Å²) in [5.74, 6) is -0.523. The fourth-order valence-electron chi connectivity index (χ4n) is 1.72. The Bertz CT molecular complexity index is 555. The number of hydrogen-bond donors (Lipinski definition) is 2. The van der Waals surface area contributed by atoms with Gasteiger partial charge in [-0.1, -0.05) is 0 Å². The molecule has 2 N–H and O–H groups in total. The Kier molecular flexibility index (Phi) is 5.73. The molecule has 0 radical (unpaired) electrons. The lowest BCUT2D eigenvalue weighted by molar-refractivity contribution is -0.122. The van der Waals surface area contributed by atoms with Gasteiger partial charge in [0.05, 0.1) is 12.8 Å². The third-order valence-corrected chi connectivity index (χ3v) is 2.65. The first-order valence-corrected chi connectivity index (χ1v) is 6.79. The van der Waals surface area contributed by atoms with Crippen molar-refractivity contribution in [2.45, 2.75) is 26.3 Å². The van der Waals surface area contributed by atoms with Crippen LogP contribution in [0.2, 0.25) is 0 Å². The number of nitrogens with one attached hydrogen (secondary N) is 2. The number of ether oxygens (including phenoxy) is 1. The summed E-state index contributed by atoms with van der Waals surface area (Å²) in [6.45, 7) is 5.48. The molecule has 0 aliphatic carbocycles. The van der Waals surface area contributed by atoms with Gasteiger partial charge in [0.25, 0.3) is 0 Å². The molecule has 0 spiro atoms. The minimum Gasteiger partial charge on any atom is -0.494 e. The van der Waals surface area contributed by atoms with Crippen LogP contribution in [0.5, 0.6) is 5.75 Å². The van der Waals surface area contributed by atoms with Crippen LogP contribution in [0.1, 0.15) is 20.8 Å². The molecule has 0 atom stereocenters. The highest BCUT2D eigenvalue weighted by atomic mass is 19.1. The molecule has 1 aromatic rings. The summed E-state index contributed by atoms with van der Waals surface area (Å²) >= 11 is 0. The van der Waals surface area contributed by atoms with E-state index >= 15 is 0 Å². The number of urea groups is 1. The normalized spacial score (nSPS) is 10.8. The van der Waals surface area contributed by atoms with E-state index in [9.17, 15) is 14.0 Å². The van der Waals surface area contributed by atoms with Crippen LogP contribution in [-0.4, -0.2) is 43.1 Å². The van der Waals surface area contributed by atoms with E-state index in [4.69, 9.17) is 4.74 Å². The zero-order valence-corrected chi connectivity index (χ0v) is 13.5. The summed E-state index contributed by atoms with van der Waals surface area (Å²) in [6.07, 6.45) is 0. The van der Waals surface area contributed by atoms with Crippen molar-refractivity contribution in [3.63, 3.8) is 0 Å². The van der Waals surface area contributed by atoms with E-state index < -0.39 is 11.8 Å². The van der Waals surface area contributed by atoms with Crippen molar-refractivity contribution in [2.75, 3.05) is 26.0 Å². The number of amides is 3. The SMILES string of the molecule is COc1cc(F)ccc1NC(=O)N(C)CC(=O)NC(C)(C)C. The summed E-state index contributed by atoms with van der Waals surface area (Å²) in [5.41, 5.74) is -0.0360. The van der Waals surface area contributed by atoms with Crippen molar-refractivity contribution < 1.29 is 18.7 Å². The van der Waals surface area contributed by atoms with Crippen LogP contribution in [0, 0.1) is 5.82 Å². The highest BCUT2D eigenvalue weighted by Gasteiger charge is 2.18. The molecule has 7 heteroatoms. The summed E-state index contributed by atoms with van der Waals surface area (Å²) < 4.78 is 18.1. The largest absolute Gasteiger partial charge is 0.494 e. The van der Waals surface area contributed by atoms with E-state index in [-0.39, 0.29) is 23.7 Å². The van der Waals surface area contributed by atoms with Crippen LogP contribution in [0.25, 0.3) is 0 Å². The molecule has 0 heterocycles. The fourth-order valence-corrected chi connectivity index (χ4v) is 1.72. The Morgan fingerprint density at radius 2 is 1.95 bits per heavy atom. The molecular formula is C15H22FN3O3. The Labute approximate surface area is 129 Å². The van der Waals surface area contributed by atoms with Crippen molar-refractivity contribution in [1.29, 1.82) is 0 Å². The van der Waals surface area contributed by atoms with Gasteiger partial charge in [-0.25, -0.2) is 9.18 Å². The monoisotopic (exact) mass is 311 g/mol. The standard InChI is InChI=1S/C15H22FN3O3/c1-15(2,3)18-13(20)9-19(4)14(21)17-11-7-6-10(16)8-12(11)22-5/h6-8H,9H2,1-5H3,(H,17,21)(H,18,20). The molecule has 1 aromatic carbocycles. The second kappa shape index (κ2) is 7.11. The van der Waals surface area contributed by atoms with E-state index in [0.717, 1.165) is 0 Å². The van der Waals surface area contributed by atoms with Crippen LogP contribution >= 0.6 is 0 Å². The van der Waals surface area contributed by atoms with E-state index in [0.29, 0.717) is 5.69 Å². The maximum absolute atomic E-state index is 13.1. The molecule has 6 nitrogen and oxygen atoms in total. The van der Waals surface area contributed by atoms with Gasteiger partial charge in [-0.3, -0.25) is 4.79 Å². The molecule has 122 valence electrons. The third-order valence-electron chi connectivity index (χ3n) is 2.65. The average Bonchev–Trinajstić information content (AvgIpc) is 2.38. The van der Waals surface area contributed by atoms with E-state index in [1.165, 1.54) is 37.3 Å². The topological polar surface area (TPSA) is 70.7 Å². The van der Waals surface area contributed by atoms with Gasteiger partial charge in [0.1, 0.15) is 18.1 Å². The molecule has 3 amide bonds. The molecule has 0 aromatic heterocycles. The van der Waals surface area contributed by atoms with Crippen LogP contribution in [0.4, 0.5) is 14.9 Å². The predicted molar refractivity (Wildman–Crippen MR) is 82.5 cm³/mol. The Balaban J connectivity index is 2.67. The number of benzene rings is 1. The van der Waals surface area contributed by atoms with Crippen molar-refractivity contribution in [1.82, 2.24) is 10.2 Å². The molecule has 0 unspecified atom stereocenters. The zero-order valence-electron chi connectivity index (χ0n) is 13.5. The quantitative estimate of drug-likeness (QED) is 0.895. The van der Waals surface area contributed by atoms with Gasteiger partial charge in [0.15, 0.2) is 0 Å². The maximum Gasteiger partial charge on any atom is 0.322 e. The second-order valence-corrected chi connectivity index (χ2v) is 5.93. The van der Waals surface area contributed by atoms with Crippen LogP contribution in [-0.2, 0) is 4.79 Å². The molecule has 0 saturated heterocycles. The van der Waals surface area contributed by atoms with Gasteiger partial charge in [0.2, 0.25) is 5.91 Å². The molecule has 0 bridgehead atoms. The molecule has 0 aliphatic rings. The number of nitrogens with zero attached hydrogens (tertiary/aromatic N) is 1. The number of hydrogen-bond acceptors (Lipinski definition) is 3. The lowest BCUT2D eigenvalue weighted by Crippen LogP contribution is -2.47. The van der Waals surface area contributed by atoms with Crippen LogP contribution in [0.3, 0.4) is 0 Å². The molecule has 0 fully saturated rings. The summed E-state index contributed by atoms with van der Waals surface area (Å²) in [4.78, 5) is 25.1. The molecule has 0 saturated carbocycles. The Morgan fingerprint density at radius 3 is 2.50 bits per heavy atom. The predicted octanol–water partition coefficient (Wildman–Crippen LogP) is 2.21. The summed E-state index contributed by atoms with van der Waals surface area (Å²) in [7, 11) is 2.87. The minimum absolute atomic E-state index is 0.0907. The summed E-state index contributed by atoms with van der Waals surface area (Å²) in [5, 5.41) is 5.34. The van der Waals surface area contributed by atoms with Crippen molar-refractivity contribution >= 4 is 17.6 Å². The minimum atomic E-state index is -0.492. The van der Waals surface area contributed by atoms with Gasteiger partial charge in [-0.05, 0) is 32.9 Å². The fraction of sp³-hybridized carbons (Fsp3) is 0.467. The molecular weight excluding hydrogens is 289 g/mol. The number of methoxy groups -OCH3 is 1. The van der Waals surface area contributed by atoms with Gasteiger partial charge in [-0.2, -0.15) is 0 Å². The van der Waals surface area contributed by atoms with Crippen molar-refractivity contribution in [3.8, 4) is 5.75 Å². The van der Waals surface area contributed by atoms with Gasteiger partial charge in [0, 0.05) is 18.7 Å². The highest BCUT2D eigenvalue weighted by molar-refractivity contribution is 5.93. The number of rotatable bonds is 4. The number of carbonyl (C=O) groups is 2. The Morgan fingerprint density at radius 1 is 1.32 bits per heavy atom. The first kappa shape index (κ1) is 17.7. The first-order chi connectivity index (χ1) is 10.1. The Hall–Kier alpha value is -2.31. The number of likely N-dealkylation sites (N-methyl/N-ethyl adjacent to an activating group) is 1. The van der Waals surface area contributed by atoms with Crippen molar-refractivity contribution in [2.24, 2.45) is 0 Å². The van der Waals surface area contributed by atoms with Crippen LogP contribution in [0.15, 0.2) is 18.2 Å². The first-order valence-electron chi connectivity index (χ1n) is 6.79. The molecule has 22 heavy (non-hydrogen) atoms. The third kappa shape index (κ3) is 5.59. The highest BCUT2D eigenvalue weighted by Crippen LogP contribution is 2.25. The number of anilines is 1. The second-order valence-electron chi connectivity index (χ2n) is 5.93. The summed E-state index contributed by atoms with van der Waals surface area (Å²) in [6, 6.07) is 3.29. The lowest BCUT2D eigenvalue weighted by atomic mass is 10.1. The number of carbonyl (C=O) groups excluding carboxylic acids is 2. The zero-order chi connectivity index (χ0) is 16.9. The maximum atomic E-state index is 13.1. The lowest BCUT2D eigenvalue weighted by Gasteiger charge is -2.23. The molecule has 0 aliphatic heterocycles. The smallest absolute Gasteiger partial charge is 0.322 e. The van der Waals surface area contributed by atoms with Gasteiger partial charge >= 0.3 is 6.03 Å².